The van der Waals surface area contributed by atoms with E-state index < -0.39 is 17.8 Å². The highest BCUT2D eigenvalue weighted by Crippen LogP contribution is 2.29. The molecule has 0 saturated carbocycles. The van der Waals surface area contributed by atoms with E-state index in [1.165, 1.54) is 43.3 Å². The smallest absolute Gasteiger partial charge is 0.310 e. The average molecular weight is 354 g/mol. The molecule has 0 radical (unpaired) electrons. The standard InChI is InChI=1S/C16H13Cl2NO4/c1-8(16(22)23)9-2-5-13(14(20)6-9)19-15(21)11-4-3-10(17)7-12(11)18/h2-8,20H,1H3,(H,19,21)(H,22,23). The lowest BCUT2D eigenvalue weighted by Crippen LogP contribution is -2.13. The van der Waals surface area contributed by atoms with Crippen molar-refractivity contribution in [1.29, 1.82) is 0 Å². The lowest BCUT2D eigenvalue weighted by atomic mass is 10.0. The highest BCUT2D eigenvalue weighted by molar-refractivity contribution is 6.37. The number of hydrogen-bond donors (Lipinski definition) is 3. The Kier molecular flexibility index (Phi) is 5.13. The van der Waals surface area contributed by atoms with Gasteiger partial charge in [-0.25, -0.2) is 0 Å². The van der Waals surface area contributed by atoms with E-state index in [1.54, 1.807) is 0 Å². The Morgan fingerprint density at radius 3 is 2.39 bits per heavy atom. The number of carboxylic acids is 1. The number of aromatic hydroxyl groups is 1. The first-order valence-electron chi connectivity index (χ1n) is 6.61. The Morgan fingerprint density at radius 2 is 1.83 bits per heavy atom. The van der Waals surface area contributed by atoms with Crippen LogP contribution in [-0.4, -0.2) is 22.1 Å². The first-order chi connectivity index (χ1) is 10.8. The number of aliphatic carboxylic acids is 1. The number of carbonyl (C=O) groups is 2. The van der Waals surface area contributed by atoms with Gasteiger partial charge in [-0.3, -0.25) is 9.59 Å². The molecule has 3 N–H and O–H groups in total. The number of carboxylic acid groups (broad SMARTS) is 1. The summed E-state index contributed by atoms with van der Waals surface area (Å²) in [5, 5.41) is 22.0. The SMILES string of the molecule is CC(C(=O)O)c1ccc(NC(=O)c2ccc(Cl)cc2Cl)c(O)c1. The second-order valence-corrected chi connectivity index (χ2v) is 5.76. The molecule has 0 aliphatic rings. The molecule has 0 saturated heterocycles. The maximum atomic E-state index is 12.2. The van der Waals surface area contributed by atoms with Gasteiger partial charge in [-0.2, -0.15) is 0 Å². The number of phenolic OH excluding ortho intramolecular Hbond substituents is 1. The molecule has 1 unspecified atom stereocenters. The van der Waals surface area contributed by atoms with Crippen molar-refractivity contribution in [1.82, 2.24) is 0 Å². The minimum absolute atomic E-state index is 0.155. The molecule has 23 heavy (non-hydrogen) atoms. The Labute approximate surface area is 142 Å². The molecule has 2 aromatic rings. The third kappa shape index (κ3) is 3.94. The number of hydrogen-bond acceptors (Lipinski definition) is 3. The summed E-state index contributed by atoms with van der Waals surface area (Å²) >= 11 is 11.7. The van der Waals surface area contributed by atoms with E-state index in [-0.39, 0.29) is 22.0 Å². The van der Waals surface area contributed by atoms with Gasteiger partial charge < -0.3 is 15.5 Å². The second kappa shape index (κ2) is 6.89. The molecule has 0 heterocycles. The third-order valence-corrected chi connectivity index (χ3v) is 3.86. The van der Waals surface area contributed by atoms with E-state index >= 15 is 0 Å². The highest BCUT2D eigenvalue weighted by Gasteiger charge is 2.17. The summed E-state index contributed by atoms with van der Waals surface area (Å²) in [6, 6.07) is 8.70. The van der Waals surface area contributed by atoms with Crippen molar-refractivity contribution in [2.45, 2.75) is 12.8 Å². The molecular formula is C16H13Cl2NO4. The Balaban J connectivity index is 2.23. The van der Waals surface area contributed by atoms with Crippen LogP contribution in [0.1, 0.15) is 28.8 Å². The van der Waals surface area contributed by atoms with Gasteiger partial charge in [0.1, 0.15) is 5.75 Å². The van der Waals surface area contributed by atoms with Gasteiger partial charge in [0, 0.05) is 5.02 Å². The van der Waals surface area contributed by atoms with Crippen LogP contribution in [0.2, 0.25) is 10.0 Å². The predicted molar refractivity (Wildman–Crippen MR) is 88.6 cm³/mol. The van der Waals surface area contributed by atoms with Gasteiger partial charge in [-0.1, -0.05) is 29.3 Å². The molecule has 0 aromatic heterocycles. The van der Waals surface area contributed by atoms with E-state index in [0.29, 0.717) is 10.6 Å². The molecular weight excluding hydrogens is 341 g/mol. The van der Waals surface area contributed by atoms with Crippen LogP contribution in [0.4, 0.5) is 5.69 Å². The molecule has 1 atom stereocenters. The third-order valence-electron chi connectivity index (χ3n) is 3.32. The highest BCUT2D eigenvalue weighted by atomic mass is 35.5. The number of nitrogens with one attached hydrogen (secondary N) is 1. The van der Waals surface area contributed by atoms with Crippen LogP contribution in [-0.2, 0) is 4.79 Å². The fraction of sp³-hybridized carbons (Fsp3) is 0.125. The number of benzene rings is 2. The quantitative estimate of drug-likeness (QED) is 0.721. The molecule has 0 aliphatic carbocycles. The molecule has 2 aromatic carbocycles. The fourth-order valence-corrected chi connectivity index (χ4v) is 2.42. The van der Waals surface area contributed by atoms with Gasteiger partial charge in [0.15, 0.2) is 0 Å². The molecule has 2 rings (SSSR count). The Hall–Kier alpha value is -2.24. The van der Waals surface area contributed by atoms with Gasteiger partial charge in [-0.15, -0.1) is 0 Å². The van der Waals surface area contributed by atoms with Crippen LogP contribution in [0.5, 0.6) is 5.75 Å². The number of anilines is 1. The van der Waals surface area contributed by atoms with Crippen molar-refractivity contribution in [2.24, 2.45) is 0 Å². The maximum Gasteiger partial charge on any atom is 0.310 e. The first-order valence-corrected chi connectivity index (χ1v) is 7.37. The molecule has 1 amide bonds. The number of carbonyl (C=O) groups excluding carboxylic acids is 1. The molecule has 0 fully saturated rings. The molecule has 5 nitrogen and oxygen atoms in total. The summed E-state index contributed by atoms with van der Waals surface area (Å²) < 4.78 is 0. The summed E-state index contributed by atoms with van der Waals surface area (Å²) in [6.45, 7) is 1.50. The topological polar surface area (TPSA) is 86.6 Å². The second-order valence-electron chi connectivity index (χ2n) is 4.91. The first kappa shape index (κ1) is 17.1. The largest absolute Gasteiger partial charge is 0.506 e. The summed E-state index contributed by atoms with van der Waals surface area (Å²) in [5.41, 5.74) is 0.790. The molecule has 7 heteroatoms. The molecule has 0 aliphatic heterocycles. The van der Waals surface area contributed by atoms with Gasteiger partial charge in [0.05, 0.1) is 22.2 Å². The normalized spacial score (nSPS) is 11.8. The van der Waals surface area contributed by atoms with Crippen LogP contribution in [0.3, 0.4) is 0 Å². The van der Waals surface area contributed by atoms with Crippen molar-refractivity contribution in [3.63, 3.8) is 0 Å². The summed E-state index contributed by atoms with van der Waals surface area (Å²) in [6.07, 6.45) is 0. The van der Waals surface area contributed by atoms with Crippen molar-refractivity contribution < 1.29 is 19.8 Å². The number of phenols is 1. The van der Waals surface area contributed by atoms with Crippen molar-refractivity contribution in [3.05, 3.63) is 57.6 Å². The van der Waals surface area contributed by atoms with Crippen molar-refractivity contribution >= 4 is 40.8 Å². The van der Waals surface area contributed by atoms with Crippen LogP contribution in [0.25, 0.3) is 0 Å². The van der Waals surface area contributed by atoms with Crippen LogP contribution in [0, 0.1) is 0 Å². The van der Waals surface area contributed by atoms with Gasteiger partial charge >= 0.3 is 5.97 Å². The molecule has 0 bridgehead atoms. The number of amides is 1. The molecule has 120 valence electrons. The average Bonchev–Trinajstić information content (AvgIpc) is 2.48. The lowest BCUT2D eigenvalue weighted by Gasteiger charge is -2.12. The summed E-state index contributed by atoms with van der Waals surface area (Å²) in [5.74, 6) is -2.51. The van der Waals surface area contributed by atoms with E-state index in [9.17, 15) is 14.7 Å². The van der Waals surface area contributed by atoms with Crippen molar-refractivity contribution in [2.75, 3.05) is 5.32 Å². The summed E-state index contributed by atoms with van der Waals surface area (Å²) in [4.78, 5) is 23.1. The van der Waals surface area contributed by atoms with Crippen LogP contribution in [0.15, 0.2) is 36.4 Å². The van der Waals surface area contributed by atoms with Gasteiger partial charge in [0.2, 0.25) is 0 Å². The zero-order chi connectivity index (χ0) is 17.1. The van der Waals surface area contributed by atoms with Crippen LogP contribution >= 0.6 is 23.2 Å². The Bertz CT molecular complexity index is 777. The van der Waals surface area contributed by atoms with E-state index in [1.807, 2.05) is 0 Å². The van der Waals surface area contributed by atoms with E-state index in [4.69, 9.17) is 28.3 Å². The zero-order valence-corrected chi connectivity index (χ0v) is 13.5. The van der Waals surface area contributed by atoms with Crippen molar-refractivity contribution in [3.8, 4) is 5.75 Å². The lowest BCUT2D eigenvalue weighted by molar-refractivity contribution is -0.138. The zero-order valence-electron chi connectivity index (χ0n) is 12.0. The number of halogens is 2. The van der Waals surface area contributed by atoms with E-state index in [0.717, 1.165) is 0 Å². The monoisotopic (exact) mass is 353 g/mol. The minimum atomic E-state index is -1.01. The van der Waals surface area contributed by atoms with Gasteiger partial charge in [-0.05, 0) is 42.8 Å². The van der Waals surface area contributed by atoms with Crippen LogP contribution < -0.4 is 5.32 Å². The summed E-state index contributed by atoms with van der Waals surface area (Å²) in [7, 11) is 0. The van der Waals surface area contributed by atoms with Gasteiger partial charge in [0.25, 0.3) is 5.91 Å². The minimum Gasteiger partial charge on any atom is -0.506 e. The Morgan fingerprint density at radius 1 is 1.13 bits per heavy atom. The molecule has 0 spiro atoms. The fourth-order valence-electron chi connectivity index (χ4n) is 1.93. The number of rotatable bonds is 4. The van der Waals surface area contributed by atoms with E-state index in [2.05, 4.69) is 5.32 Å². The maximum absolute atomic E-state index is 12.2. The predicted octanol–water partition coefficient (Wildman–Crippen LogP) is 4.14.